The second-order valence-corrected chi connectivity index (χ2v) is 8.09. The average Bonchev–Trinajstić information content (AvgIpc) is 3.21. The van der Waals surface area contributed by atoms with Crippen LogP contribution in [0.2, 0.25) is 0 Å². The van der Waals surface area contributed by atoms with Crippen molar-refractivity contribution in [3.63, 3.8) is 0 Å². The maximum absolute atomic E-state index is 12.6. The number of carbonyl (C=O) groups excluding carboxylic acids is 4. The zero-order valence-corrected chi connectivity index (χ0v) is 16.4. The Labute approximate surface area is 168 Å². The fourth-order valence-electron chi connectivity index (χ4n) is 4.24. The van der Waals surface area contributed by atoms with Crippen molar-refractivity contribution >= 4 is 23.8 Å². The standard InChI is InChI=1S/C20H25N5O4/c1-13-5-4-8-21-15(13)9-22-17(27)14-10-24(11-14)16(26)12-25-18(28)20(23-19(25)29)6-2-3-7-20/h4-5,8,14H,2-3,6-7,9-12H2,1H3,(H,22,27)(H,23,29). The highest BCUT2D eigenvalue weighted by atomic mass is 16.2. The van der Waals surface area contributed by atoms with Gasteiger partial charge in [0, 0.05) is 19.3 Å². The number of amides is 5. The Morgan fingerprint density at radius 3 is 2.69 bits per heavy atom. The van der Waals surface area contributed by atoms with Crippen molar-refractivity contribution in [1.82, 2.24) is 25.4 Å². The Morgan fingerprint density at radius 2 is 2.00 bits per heavy atom. The summed E-state index contributed by atoms with van der Waals surface area (Å²) in [6, 6.07) is 3.28. The molecule has 1 aliphatic carbocycles. The Kier molecular flexibility index (Phi) is 4.97. The maximum atomic E-state index is 12.6. The number of aryl methyl sites for hydroxylation is 1. The molecule has 3 aliphatic rings. The fraction of sp³-hybridized carbons (Fsp3) is 0.550. The van der Waals surface area contributed by atoms with Crippen molar-refractivity contribution in [1.29, 1.82) is 0 Å². The monoisotopic (exact) mass is 399 g/mol. The number of likely N-dealkylation sites (tertiary alicyclic amines) is 1. The van der Waals surface area contributed by atoms with E-state index in [1.54, 1.807) is 6.20 Å². The highest BCUT2D eigenvalue weighted by Gasteiger charge is 2.53. The zero-order valence-electron chi connectivity index (χ0n) is 16.4. The molecule has 154 valence electrons. The second-order valence-electron chi connectivity index (χ2n) is 8.09. The van der Waals surface area contributed by atoms with E-state index in [0.29, 0.717) is 32.5 Å². The van der Waals surface area contributed by atoms with Crippen molar-refractivity contribution in [3.05, 3.63) is 29.6 Å². The quantitative estimate of drug-likeness (QED) is 0.693. The molecule has 3 heterocycles. The predicted molar refractivity (Wildman–Crippen MR) is 102 cm³/mol. The van der Waals surface area contributed by atoms with Crippen LogP contribution in [0.5, 0.6) is 0 Å². The van der Waals surface area contributed by atoms with Crippen molar-refractivity contribution in [2.75, 3.05) is 19.6 Å². The minimum Gasteiger partial charge on any atom is -0.350 e. The van der Waals surface area contributed by atoms with Gasteiger partial charge >= 0.3 is 6.03 Å². The molecule has 0 bridgehead atoms. The molecule has 1 aromatic rings. The molecule has 3 fully saturated rings. The highest BCUT2D eigenvalue weighted by molar-refractivity contribution is 6.09. The Morgan fingerprint density at radius 1 is 1.28 bits per heavy atom. The first kappa shape index (κ1) is 19.4. The van der Waals surface area contributed by atoms with Crippen LogP contribution in [0.4, 0.5) is 4.79 Å². The molecule has 2 aliphatic heterocycles. The summed E-state index contributed by atoms with van der Waals surface area (Å²) < 4.78 is 0. The Balaban J connectivity index is 1.25. The average molecular weight is 399 g/mol. The minimum absolute atomic E-state index is 0.126. The largest absolute Gasteiger partial charge is 0.350 e. The van der Waals surface area contributed by atoms with Crippen LogP contribution in [0.15, 0.2) is 18.3 Å². The first-order valence-electron chi connectivity index (χ1n) is 10.00. The van der Waals surface area contributed by atoms with Crippen molar-refractivity contribution in [3.8, 4) is 0 Å². The molecule has 9 heteroatoms. The van der Waals surface area contributed by atoms with E-state index in [0.717, 1.165) is 29.0 Å². The van der Waals surface area contributed by atoms with Crippen LogP contribution in [0.1, 0.15) is 36.9 Å². The van der Waals surface area contributed by atoms with Crippen LogP contribution in [-0.4, -0.2) is 63.7 Å². The Hall–Kier alpha value is -2.97. The van der Waals surface area contributed by atoms with E-state index in [1.807, 2.05) is 19.1 Å². The third-order valence-electron chi connectivity index (χ3n) is 6.15. The molecule has 2 saturated heterocycles. The summed E-state index contributed by atoms with van der Waals surface area (Å²) in [5.41, 5.74) is 1.01. The molecule has 29 heavy (non-hydrogen) atoms. The number of imide groups is 1. The molecular weight excluding hydrogens is 374 g/mol. The van der Waals surface area contributed by atoms with Gasteiger partial charge in [-0.3, -0.25) is 24.3 Å². The van der Waals surface area contributed by atoms with E-state index >= 15 is 0 Å². The number of pyridine rings is 1. The van der Waals surface area contributed by atoms with Gasteiger partial charge in [0.15, 0.2) is 0 Å². The first-order chi connectivity index (χ1) is 13.9. The van der Waals surface area contributed by atoms with E-state index in [4.69, 9.17) is 0 Å². The summed E-state index contributed by atoms with van der Waals surface area (Å²) in [7, 11) is 0. The second kappa shape index (κ2) is 7.46. The van der Waals surface area contributed by atoms with Gasteiger partial charge in [0.2, 0.25) is 11.8 Å². The summed E-state index contributed by atoms with van der Waals surface area (Å²) in [4.78, 5) is 56.4. The van der Waals surface area contributed by atoms with Gasteiger partial charge in [-0.1, -0.05) is 18.9 Å². The van der Waals surface area contributed by atoms with Gasteiger partial charge in [-0.05, 0) is 31.4 Å². The molecule has 0 atom stereocenters. The van der Waals surface area contributed by atoms with Crippen molar-refractivity contribution in [2.45, 2.75) is 44.7 Å². The van der Waals surface area contributed by atoms with Crippen LogP contribution in [0.3, 0.4) is 0 Å². The lowest BCUT2D eigenvalue weighted by molar-refractivity contribution is -0.146. The molecule has 2 N–H and O–H groups in total. The van der Waals surface area contributed by atoms with Gasteiger partial charge in [-0.25, -0.2) is 4.79 Å². The summed E-state index contributed by atoms with van der Waals surface area (Å²) in [5.74, 6) is -1.02. The number of hydrogen-bond acceptors (Lipinski definition) is 5. The smallest absolute Gasteiger partial charge is 0.325 e. The lowest BCUT2D eigenvalue weighted by atomic mass is 9.97. The third kappa shape index (κ3) is 3.56. The number of hydrogen-bond donors (Lipinski definition) is 2. The number of nitrogens with one attached hydrogen (secondary N) is 2. The first-order valence-corrected chi connectivity index (χ1v) is 10.00. The SMILES string of the molecule is Cc1cccnc1CNC(=O)C1CN(C(=O)CN2C(=O)NC3(CCCC3)C2=O)C1. The predicted octanol–water partition coefficient (Wildman–Crippen LogP) is 0.329. The van der Waals surface area contributed by atoms with E-state index in [2.05, 4.69) is 15.6 Å². The zero-order chi connectivity index (χ0) is 20.6. The van der Waals surface area contributed by atoms with Crippen LogP contribution in [0, 0.1) is 12.8 Å². The minimum atomic E-state index is -0.807. The topological polar surface area (TPSA) is 112 Å². The van der Waals surface area contributed by atoms with Crippen LogP contribution >= 0.6 is 0 Å². The number of nitrogens with zero attached hydrogens (tertiary/aromatic N) is 3. The number of carbonyl (C=O) groups is 4. The third-order valence-corrected chi connectivity index (χ3v) is 6.15. The number of urea groups is 1. The molecule has 9 nitrogen and oxygen atoms in total. The van der Waals surface area contributed by atoms with Crippen LogP contribution < -0.4 is 10.6 Å². The van der Waals surface area contributed by atoms with Gasteiger partial charge in [-0.2, -0.15) is 0 Å². The molecule has 1 aromatic heterocycles. The maximum Gasteiger partial charge on any atom is 0.325 e. The molecule has 1 saturated carbocycles. The van der Waals surface area contributed by atoms with E-state index in [-0.39, 0.29) is 30.2 Å². The summed E-state index contributed by atoms with van der Waals surface area (Å²) in [6.45, 7) is 2.60. The van der Waals surface area contributed by atoms with Gasteiger partial charge < -0.3 is 15.5 Å². The van der Waals surface area contributed by atoms with Crippen LogP contribution in [0.25, 0.3) is 0 Å². The highest BCUT2D eigenvalue weighted by Crippen LogP contribution is 2.35. The van der Waals surface area contributed by atoms with Crippen LogP contribution in [-0.2, 0) is 20.9 Å². The molecule has 5 amide bonds. The van der Waals surface area contributed by atoms with Gasteiger partial charge in [0.25, 0.3) is 5.91 Å². The molecule has 4 rings (SSSR count). The van der Waals surface area contributed by atoms with Crippen molar-refractivity contribution in [2.24, 2.45) is 5.92 Å². The Bertz CT molecular complexity index is 858. The van der Waals surface area contributed by atoms with E-state index < -0.39 is 11.6 Å². The van der Waals surface area contributed by atoms with Gasteiger partial charge in [0.1, 0.15) is 12.1 Å². The fourth-order valence-corrected chi connectivity index (χ4v) is 4.24. The van der Waals surface area contributed by atoms with Gasteiger partial charge in [-0.15, -0.1) is 0 Å². The number of aromatic nitrogens is 1. The lowest BCUT2D eigenvalue weighted by Crippen LogP contribution is -2.58. The molecule has 0 unspecified atom stereocenters. The molecular formula is C20H25N5O4. The molecule has 0 radical (unpaired) electrons. The number of rotatable bonds is 5. The van der Waals surface area contributed by atoms with E-state index in [1.165, 1.54) is 4.90 Å². The summed E-state index contributed by atoms with van der Waals surface area (Å²) in [6.07, 6.45) is 4.74. The molecule has 0 aromatic carbocycles. The normalized spacial score (nSPS) is 20.7. The summed E-state index contributed by atoms with van der Waals surface area (Å²) >= 11 is 0. The lowest BCUT2D eigenvalue weighted by Gasteiger charge is -2.38. The summed E-state index contributed by atoms with van der Waals surface area (Å²) in [5, 5.41) is 5.62. The molecule has 1 spiro atoms. The van der Waals surface area contributed by atoms with Gasteiger partial charge in [0.05, 0.1) is 18.2 Å². The van der Waals surface area contributed by atoms with Crippen molar-refractivity contribution < 1.29 is 19.2 Å². The van der Waals surface area contributed by atoms with E-state index in [9.17, 15) is 19.2 Å².